The number of rotatable bonds is 10. The topological polar surface area (TPSA) is 89.2 Å². The monoisotopic (exact) mass is 298 g/mol. The average Bonchev–Trinajstić information content (AvgIpc) is 2.47. The summed E-state index contributed by atoms with van der Waals surface area (Å²) in [6, 6.07) is 0. The Balaban J connectivity index is 2.77. The number of nitrogens with one attached hydrogen (secondary N) is 1. The average molecular weight is 298 g/mol. The van der Waals surface area contributed by atoms with Crippen molar-refractivity contribution in [2.24, 2.45) is 7.05 Å². The van der Waals surface area contributed by atoms with Crippen LogP contribution in [0.15, 0.2) is 9.59 Å². The standard InChI is InChI=1S/C14H26N4O3/c1-3-4-5-6-7-10-18-13(20)12(15-9-8-11-19)16-17(2)14(18)21/h19H,3-11H2,1-2H3,(H,15,16). The van der Waals surface area contributed by atoms with Crippen molar-refractivity contribution in [1.82, 2.24) is 14.3 Å². The fraction of sp³-hybridized carbons (Fsp3) is 0.786. The number of aryl methyl sites for hydroxylation is 1. The quantitative estimate of drug-likeness (QED) is 0.621. The van der Waals surface area contributed by atoms with Crippen LogP contribution in [0.5, 0.6) is 0 Å². The van der Waals surface area contributed by atoms with Crippen LogP contribution in [0.3, 0.4) is 0 Å². The Bertz CT molecular complexity index is 536. The maximum atomic E-state index is 12.2. The van der Waals surface area contributed by atoms with Crippen LogP contribution in [-0.4, -0.2) is 32.6 Å². The molecule has 0 spiro atoms. The molecule has 0 saturated heterocycles. The van der Waals surface area contributed by atoms with E-state index in [0.717, 1.165) is 25.7 Å². The molecule has 0 radical (unpaired) electrons. The molecule has 0 aliphatic carbocycles. The van der Waals surface area contributed by atoms with Crippen molar-refractivity contribution in [2.75, 3.05) is 18.5 Å². The van der Waals surface area contributed by atoms with Crippen LogP contribution in [0, 0.1) is 0 Å². The van der Waals surface area contributed by atoms with Crippen LogP contribution in [0.2, 0.25) is 0 Å². The van der Waals surface area contributed by atoms with Gasteiger partial charge in [-0.15, -0.1) is 5.10 Å². The molecule has 0 amide bonds. The van der Waals surface area contributed by atoms with E-state index in [4.69, 9.17) is 5.11 Å². The molecule has 120 valence electrons. The fourth-order valence-electron chi connectivity index (χ4n) is 2.09. The molecule has 0 aromatic carbocycles. The fourth-order valence-corrected chi connectivity index (χ4v) is 2.09. The second-order valence-electron chi connectivity index (χ2n) is 5.13. The number of hydrogen-bond donors (Lipinski definition) is 2. The first kappa shape index (κ1) is 17.4. The van der Waals surface area contributed by atoms with Crippen LogP contribution >= 0.6 is 0 Å². The number of aliphatic hydroxyl groups is 1. The van der Waals surface area contributed by atoms with Crippen molar-refractivity contribution in [3.8, 4) is 0 Å². The minimum absolute atomic E-state index is 0.0460. The van der Waals surface area contributed by atoms with E-state index in [1.165, 1.54) is 22.7 Å². The number of hydrogen-bond acceptors (Lipinski definition) is 5. The second-order valence-corrected chi connectivity index (χ2v) is 5.13. The zero-order valence-corrected chi connectivity index (χ0v) is 13.0. The van der Waals surface area contributed by atoms with Gasteiger partial charge in [-0.05, 0) is 12.8 Å². The van der Waals surface area contributed by atoms with Crippen LogP contribution < -0.4 is 16.6 Å². The SMILES string of the molecule is CCCCCCCn1c(=O)c(NCCCO)nn(C)c1=O. The highest BCUT2D eigenvalue weighted by molar-refractivity contribution is 5.29. The smallest absolute Gasteiger partial charge is 0.347 e. The third-order valence-electron chi connectivity index (χ3n) is 3.32. The van der Waals surface area contributed by atoms with Gasteiger partial charge in [-0.1, -0.05) is 32.6 Å². The summed E-state index contributed by atoms with van der Waals surface area (Å²) in [5, 5.41) is 15.6. The molecular weight excluding hydrogens is 272 g/mol. The van der Waals surface area contributed by atoms with Crippen molar-refractivity contribution in [1.29, 1.82) is 0 Å². The van der Waals surface area contributed by atoms with Gasteiger partial charge in [0.15, 0.2) is 0 Å². The Hall–Kier alpha value is -1.63. The van der Waals surface area contributed by atoms with E-state index < -0.39 is 0 Å². The molecule has 7 heteroatoms. The molecule has 1 aromatic heterocycles. The lowest BCUT2D eigenvalue weighted by atomic mass is 10.1. The van der Waals surface area contributed by atoms with Gasteiger partial charge in [-0.25, -0.2) is 9.48 Å². The molecule has 1 heterocycles. The molecule has 7 nitrogen and oxygen atoms in total. The van der Waals surface area contributed by atoms with E-state index in [1.807, 2.05) is 0 Å². The predicted molar refractivity (Wildman–Crippen MR) is 82.7 cm³/mol. The van der Waals surface area contributed by atoms with Gasteiger partial charge in [0.2, 0.25) is 5.82 Å². The molecule has 0 fully saturated rings. The van der Waals surface area contributed by atoms with Crippen molar-refractivity contribution in [3.63, 3.8) is 0 Å². The highest BCUT2D eigenvalue weighted by atomic mass is 16.3. The van der Waals surface area contributed by atoms with Gasteiger partial charge in [0.05, 0.1) is 0 Å². The molecular formula is C14H26N4O3. The van der Waals surface area contributed by atoms with E-state index in [9.17, 15) is 9.59 Å². The van der Waals surface area contributed by atoms with Gasteiger partial charge in [-0.2, -0.15) is 0 Å². The third kappa shape index (κ3) is 5.34. The van der Waals surface area contributed by atoms with Crippen LogP contribution in [0.1, 0.15) is 45.4 Å². The first-order valence-electron chi connectivity index (χ1n) is 7.64. The lowest BCUT2D eigenvalue weighted by Gasteiger charge is -2.10. The van der Waals surface area contributed by atoms with Gasteiger partial charge in [0.1, 0.15) is 0 Å². The minimum atomic E-state index is -0.386. The number of aliphatic hydroxyl groups excluding tert-OH is 1. The number of nitrogens with zero attached hydrogens (tertiary/aromatic N) is 3. The van der Waals surface area contributed by atoms with Gasteiger partial charge in [-0.3, -0.25) is 9.36 Å². The van der Waals surface area contributed by atoms with E-state index in [0.29, 0.717) is 19.5 Å². The Labute approximate surface area is 124 Å². The molecule has 0 aliphatic heterocycles. The summed E-state index contributed by atoms with van der Waals surface area (Å²) >= 11 is 0. The normalized spacial score (nSPS) is 10.8. The molecule has 1 aromatic rings. The number of unbranched alkanes of at least 4 members (excludes halogenated alkanes) is 4. The largest absolute Gasteiger partial charge is 0.396 e. The minimum Gasteiger partial charge on any atom is -0.396 e. The Morgan fingerprint density at radius 3 is 2.52 bits per heavy atom. The van der Waals surface area contributed by atoms with Crippen molar-refractivity contribution in [2.45, 2.75) is 52.0 Å². The molecule has 2 N–H and O–H groups in total. The van der Waals surface area contributed by atoms with Crippen molar-refractivity contribution in [3.05, 3.63) is 20.8 Å². The van der Waals surface area contributed by atoms with Crippen LogP contribution in [0.25, 0.3) is 0 Å². The number of aromatic nitrogens is 3. The van der Waals surface area contributed by atoms with Gasteiger partial charge in [0, 0.05) is 26.7 Å². The summed E-state index contributed by atoms with van der Waals surface area (Å²) < 4.78 is 2.41. The Morgan fingerprint density at radius 1 is 1.14 bits per heavy atom. The lowest BCUT2D eigenvalue weighted by Crippen LogP contribution is -2.42. The van der Waals surface area contributed by atoms with Crippen LogP contribution in [0.4, 0.5) is 5.82 Å². The predicted octanol–water partition coefficient (Wildman–Crippen LogP) is 0.707. The second kappa shape index (κ2) is 9.33. The summed E-state index contributed by atoms with van der Waals surface area (Å²) in [4.78, 5) is 24.2. The maximum Gasteiger partial charge on any atom is 0.347 e. The van der Waals surface area contributed by atoms with E-state index in [1.54, 1.807) is 0 Å². The Morgan fingerprint density at radius 2 is 1.86 bits per heavy atom. The van der Waals surface area contributed by atoms with Gasteiger partial charge >= 0.3 is 5.69 Å². The highest BCUT2D eigenvalue weighted by Crippen LogP contribution is 2.03. The zero-order chi connectivity index (χ0) is 15.7. The van der Waals surface area contributed by atoms with Crippen LogP contribution in [-0.2, 0) is 13.6 Å². The van der Waals surface area contributed by atoms with E-state index in [-0.39, 0.29) is 23.7 Å². The summed E-state index contributed by atoms with van der Waals surface area (Å²) in [5.74, 6) is 0.166. The molecule has 21 heavy (non-hydrogen) atoms. The molecule has 0 aliphatic rings. The summed E-state index contributed by atoms with van der Waals surface area (Å²) in [5.41, 5.74) is -0.769. The molecule has 0 unspecified atom stereocenters. The first-order valence-corrected chi connectivity index (χ1v) is 7.64. The van der Waals surface area contributed by atoms with Crippen molar-refractivity contribution >= 4 is 5.82 Å². The van der Waals surface area contributed by atoms with Gasteiger partial charge in [0.25, 0.3) is 5.56 Å². The Kier molecular flexibility index (Phi) is 7.74. The van der Waals surface area contributed by atoms with Crippen molar-refractivity contribution < 1.29 is 5.11 Å². The summed E-state index contributed by atoms with van der Waals surface area (Å²) in [6.07, 6.45) is 5.82. The lowest BCUT2D eigenvalue weighted by molar-refractivity contribution is 0.292. The number of anilines is 1. The van der Waals surface area contributed by atoms with Gasteiger partial charge < -0.3 is 10.4 Å². The molecule has 0 atom stereocenters. The summed E-state index contributed by atoms with van der Waals surface area (Å²) in [6.45, 7) is 3.07. The first-order chi connectivity index (χ1) is 10.1. The molecule has 0 bridgehead atoms. The summed E-state index contributed by atoms with van der Waals surface area (Å²) in [7, 11) is 1.53. The molecule has 0 saturated carbocycles. The highest BCUT2D eigenvalue weighted by Gasteiger charge is 2.10. The molecule has 1 rings (SSSR count). The van der Waals surface area contributed by atoms with E-state index in [2.05, 4.69) is 17.3 Å². The zero-order valence-electron chi connectivity index (χ0n) is 13.0. The maximum absolute atomic E-state index is 12.2. The third-order valence-corrected chi connectivity index (χ3v) is 3.32. The van der Waals surface area contributed by atoms with E-state index >= 15 is 0 Å².